The number of aromatic nitrogens is 2. The fourth-order valence-corrected chi connectivity index (χ4v) is 4.49. The quantitative estimate of drug-likeness (QED) is 0.432. The second-order valence-corrected chi connectivity index (χ2v) is 10.4. The largest absolute Gasteiger partial charge is 0.444 e. The normalized spacial score (nSPS) is 12.5. The van der Waals surface area contributed by atoms with Gasteiger partial charge in [0, 0.05) is 36.1 Å². The fraction of sp³-hybridized carbons (Fsp3) is 0.304. The van der Waals surface area contributed by atoms with Crippen LogP contribution in [0.3, 0.4) is 0 Å². The number of halogens is 4. The molecule has 0 aliphatic heterocycles. The summed E-state index contributed by atoms with van der Waals surface area (Å²) in [6, 6.07) is 8.90. The third kappa shape index (κ3) is 5.31. The maximum Gasteiger partial charge on any atom is 0.434 e. The minimum Gasteiger partial charge on any atom is -0.444 e. The van der Waals surface area contributed by atoms with Crippen molar-refractivity contribution < 1.29 is 35.5 Å². The number of ether oxygens (including phenoxy) is 1. The van der Waals surface area contributed by atoms with E-state index in [1.165, 1.54) is 36.2 Å². The maximum atomic E-state index is 15.6. The Morgan fingerprint density at radius 3 is 2.29 bits per heavy atom. The van der Waals surface area contributed by atoms with Crippen LogP contribution in [0.5, 0.6) is 0 Å². The van der Waals surface area contributed by atoms with Gasteiger partial charge in [-0.15, -0.1) is 0 Å². The van der Waals surface area contributed by atoms with E-state index in [4.69, 9.17) is 4.74 Å². The predicted molar refractivity (Wildman–Crippen MR) is 119 cm³/mol. The lowest BCUT2D eigenvalue weighted by Crippen LogP contribution is -2.42. The summed E-state index contributed by atoms with van der Waals surface area (Å²) in [7, 11) is -3.07. The van der Waals surface area contributed by atoms with Gasteiger partial charge in [-0.25, -0.2) is 21.6 Å². The van der Waals surface area contributed by atoms with E-state index in [0.29, 0.717) is 3.97 Å². The molecule has 0 radical (unpaired) electrons. The van der Waals surface area contributed by atoms with Crippen molar-refractivity contribution in [3.63, 3.8) is 0 Å². The average molecular weight is 514 g/mol. The molecule has 0 bridgehead atoms. The highest BCUT2D eigenvalue weighted by molar-refractivity contribution is 7.90. The molecule has 2 heterocycles. The Hall–Kier alpha value is -3.41. The van der Waals surface area contributed by atoms with Crippen molar-refractivity contribution in [2.45, 2.75) is 44.0 Å². The average Bonchev–Trinajstić information content (AvgIpc) is 3.13. The molecular formula is C23H23F4N3O4S. The lowest BCUT2D eigenvalue weighted by Gasteiger charge is -2.30. The molecule has 0 saturated carbocycles. The van der Waals surface area contributed by atoms with Gasteiger partial charge in [-0.1, -0.05) is 18.2 Å². The van der Waals surface area contributed by atoms with Gasteiger partial charge >= 0.3 is 12.3 Å². The zero-order chi connectivity index (χ0) is 26.2. The zero-order valence-corrected chi connectivity index (χ0v) is 20.1. The number of carbonyl (C=O) groups is 1. The van der Waals surface area contributed by atoms with Gasteiger partial charge in [0.2, 0.25) is 0 Å². The first-order valence-corrected chi connectivity index (χ1v) is 11.7. The minimum atomic E-state index is -4.99. The van der Waals surface area contributed by atoms with Crippen LogP contribution in [0.2, 0.25) is 0 Å². The van der Waals surface area contributed by atoms with Gasteiger partial charge in [0.1, 0.15) is 12.3 Å². The summed E-state index contributed by atoms with van der Waals surface area (Å²) in [5, 5.41) is 0. The number of carbonyl (C=O) groups excluding carboxylic acids is 1. The first-order valence-electron chi connectivity index (χ1n) is 10.3. The number of nitrogens with zero attached hydrogens (tertiary/aromatic N) is 3. The number of pyridine rings is 1. The van der Waals surface area contributed by atoms with Gasteiger partial charge in [0.25, 0.3) is 10.0 Å². The fourth-order valence-electron chi connectivity index (χ4n) is 3.08. The molecule has 35 heavy (non-hydrogen) atoms. The predicted octanol–water partition coefficient (Wildman–Crippen LogP) is 5.31. The van der Waals surface area contributed by atoms with Gasteiger partial charge in [-0.05, 0) is 45.0 Å². The molecule has 0 aliphatic carbocycles. The molecule has 0 aliphatic rings. The van der Waals surface area contributed by atoms with Gasteiger partial charge < -0.3 is 9.64 Å². The molecule has 0 N–H and O–H groups in total. The third-order valence-electron chi connectivity index (χ3n) is 5.25. The number of alkyl halides is 3. The van der Waals surface area contributed by atoms with Crippen molar-refractivity contribution in [2.24, 2.45) is 0 Å². The third-order valence-corrected chi connectivity index (χ3v) is 6.92. The highest BCUT2D eigenvalue weighted by Gasteiger charge is 2.38. The first kappa shape index (κ1) is 26.2. The van der Waals surface area contributed by atoms with E-state index in [-0.39, 0.29) is 4.90 Å². The zero-order valence-electron chi connectivity index (χ0n) is 19.3. The van der Waals surface area contributed by atoms with Gasteiger partial charge in [-0.3, -0.25) is 4.98 Å². The number of hydrogen-bond acceptors (Lipinski definition) is 5. The molecule has 0 saturated heterocycles. The van der Waals surface area contributed by atoms with Crippen molar-refractivity contribution in [3.05, 3.63) is 71.9 Å². The van der Waals surface area contributed by atoms with Crippen LogP contribution in [0.1, 0.15) is 32.0 Å². The summed E-state index contributed by atoms with van der Waals surface area (Å²) in [5.74, 6) is -1.28. The van der Waals surface area contributed by atoms with E-state index in [1.807, 2.05) is 0 Å². The van der Waals surface area contributed by atoms with Crippen molar-refractivity contribution in [1.82, 2.24) is 13.9 Å². The molecule has 0 unspecified atom stereocenters. The molecule has 7 nitrogen and oxygen atoms in total. The molecule has 3 rings (SSSR count). The molecule has 0 spiro atoms. The maximum absolute atomic E-state index is 15.6. The Labute approximate surface area is 200 Å². The molecule has 1 aromatic carbocycles. The first-order chi connectivity index (χ1) is 16.2. The molecule has 0 fully saturated rings. The standard InChI is InChI=1S/C23H23F4N3O4S/c1-22(2,3)29(4)21(31)34-14-15-13-30(35(32,33)16-9-6-5-7-10-16)19(18(15)24)17-11-8-12-28-20(17)23(25,26)27/h5-13H,14H2,1-4H3. The minimum absolute atomic E-state index is 0.273. The highest BCUT2D eigenvalue weighted by atomic mass is 32.2. The topological polar surface area (TPSA) is 81.5 Å². The van der Waals surface area contributed by atoms with Crippen LogP contribution >= 0.6 is 0 Å². The van der Waals surface area contributed by atoms with Gasteiger partial charge in [-0.2, -0.15) is 13.2 Å². The second kappa shape index (κ2) is 9.33. The second-order valence-electron chi connectivity index (χ2n) is 8.61. The molecular weight excluding hydrogens is 490 g/mol. The van der Waals surface area contributed by atoms with E-state index < -0.39 is 62.8 Å². The van der Waals surface area contributed by atoms with Crippen LogP contribution in [-0.2, 0) is 27.5 Å². The SMILES string of the molecule is CN(C(=O)OCc1cn(S(=O)(=O)c2ccccc2)c(-c2cccnc2C(F)(F)F)c1F)C(C)(C)C. The van der Waals surface area contributed by atoms with E-state index in [1.54, 1.807) is 26.8 Å². The van der Waals surface area contributed by atoms with Crippen molar-refractivity contribution in [3.8, 4) is 11.3 Å². The summed E-state index contributed by atoms with van der Waals surface area (Å²) >= 11 is 0. The highest BCUT2D eigenvalue weighted by Crippen LogP contribution is 2.39. The van der Waals surface area contributed by atoms with Crippen molar-refractivity contribution in [1.29, 1.82) is 0 Å². The summed E-state index contributed by atoms with van der Waals surface area (Å²) in [5.41, 5.74) is -4.16. The lowest BCUT2D eigenvalue weighted by molar-refractivity contribution is -0.140. The summed E-state index contributed by atoms with van der Waals surface area (Å²) in [4.78, 5) is 16.6. The van der Waals surface area contributed by atoms with E-state index in [0.717, 1.165) is 24.5 Å². The molecule has 2 aromatic heterocycles. The van der Waals surface area contributed by atoms with E-state index in [2.05, 4.69) is 4.98 Å². The Kier molecular flexibility index (Phi) is 6.98. The Bertz CT molecular complexity index is 1330. The smallest absolute Gasteiger partial charge is 0.434 e. The van der Waals surface area contributed by atoms with Crippen LogP contribution in [0.4, 0.5) is 22.4 Å². The number of benzene rings is 1. The molecule has 1 amide bonds. The van der Waals surface area contributed by atoms with Gasteiger partial charge in [0.15, 0.2) is 11.5 Å². The molecule has 12 heteroatoms. The van der Waals surface area contributed by atoms with Crippen LogP contribution in [-0.4, -0.2) is 41.0 Å². The number of amides is 1. The summed E-state index contributed by atoms with van der Waals surface area (Å²) < 4.78 is 88.7. The monoisotopic (exact) mass is 513 g/mol. The van der Waals surface area contributed by atoms with Crippen LogP contribution in [0.15, 0.2) is 59.8 Å². The Balaban J connectivity index is 2.18. The van der Waals surface area contributed by atoms with Crippen LogP contribution in [0, 0.1) is 5.82 Å². The number of hydrogen-bond donors (Lipinski definition) is 0. The summed E-state index contributed by atoms with van der Waals surface area (Å²) in [6.45, 7) is 4.49. The van der Waals surface area contributed by atoms with Crippen LogP contribution in [0.25, 0.3) is 11.3 Å². The Morgan fingerprint density at radius 2 is 1.71 bits per heavy atom. The Morgan fingerprint density at radius 1 is 1.09 bits per heavy atom. The molecule has 188 valence electrons. The van der Waals surface area contributed by atoms with E-state index in [9.17, 15) is 26.4 Å². The van der Waals surface area contributed by atoms with Crippen LogP contribution < -0.4 is 0 Å². The number of rotatable bonds is 5. The molecule has 3 aromatic rings. The van der Waals surface area contributed by atoms with Crippen molar-refractivity contribution in [2.75, 3.05) is 7.05 Å². The van der Waals surface area contributed by atoms with Gasteiger partial charge in [0.05, 0.1) is 4.90 Å². The lowest BCUT2D eigenvalue weighted by atomic mass is 10.1. The van der Waals surface area contributed by atoms with E-state index >= 15 is 4.39 Å². The van der Waals surface area contributed by atoms with Crippen molar-refractivity contribution >= 4 is 16.1 Å². The summed E-state index contributed by atoms with van der Waals surface area (Å²) in [6.07, 6.45) is -4.13. The molecule has 0 atom stereocenters.